The second-order valence-electron chi connectivity index (χ2n) is 7.16. The van der Waals surface area contributed by atoms with E-state index < -0.39 is 41.6 Å². The lowest BCUT2D eigenvalue weighted by Crippen LogP contribution is -2.32. The fraction of sp³-hybridized carbons (Fsp3) is 0.217. The van der Waals surface area contributed by atoms with Crippen molar-refractivity contribution in [3.05, 3.63) is 105 Å². The van der Waals surface area contributed by atoms with E-state index in [0.717, 1.165) is 0 Å². The van der Waals surface area contributed by atoms with Crippen molar-refractivity contribution in [2.45, 2.75) is 24.9 Å². The summed E-state index contributed by atoms with van der Waals surface area (Å²) in [4.78, 5) is 50.6. The van der Waals surface area contributed by atoms with Crippen molar-refractivity contribution < 1.29 is 23.8 Å². The summed E-state index contributed by atoms with van der Waals surface area (Å²) >= 11 is 0. The summed E-state index contributed by atoms with van der Waals surface area (Å²) in [5.74, 6) is -1.11. The highest BCUT2D eigenvalue weighted by Crippen LogP contribution is 2.30. The van der Waals surface area contributed by atoms with Gasteiger partial charge in [0, 0.05) is 18.7 Å². The molecule has 32 heavy (non-hydrogen) atoms. The summed E-state index contributed by atoms with van der Waals surface area (Å²) < 4.78 is 18.1. The number of nitrogens with one attached hydrogen (secondary N) is 1. The second kappa shape index (κ2) is 9.44. The number of carbonyl (C=O) groups is 2. The molecule has 0 radical (unpaired) electrons. The second-order valence-corrected chi connectivity index (χ2v) is 7.16. The van der Waals surface area contributed by atoms with Gasteiger partial charge in [-0.3, -0.25) is 14.3 Å². The summed E-state index contributed by atoms with van der Waals surface area (Å²) in [6.45, 7) is -0.185. The van der Waals surface area contributed by atoms with Crippen molar-refractivity contribution >= 4 is 11.9 Å². The van der Waals surface area contributed by atoms with E-state index >= 15 is 0 Å². The zero-order valence-electron chi connectivity index (χ0n) is 16.9. The van der Waals surface area contributed by atoms with Crippen LogP contribution in [-0.4, -0.2) is 40.3 Å². The number of nitrogens with zero attached hydrogens (tertiary/aromatic N) is 1. The molecule has 1 N–H and O–H groups in total. The quantitative estimate of drug-likeness (QED) is 0.587. The Kier molecular flexibility index (Phi) is 6.27. The Hall–Kier alpha value is -3.98. The van der Waals surface area contributed by atoms with Crippen LogP contribution in [0.1, 0.15) is 33.4 Å². The van der Waals surface area contributed by atoms with Crippen LogP contribution in [0.3, 0.4) is 0 Å². The van der Waals surface area contributed by atoms with Crippen molar-refractivity contribution in [2.75, 3.05) is 6.61 Å². The Morgan fingerprint density at radius 2 is 1.56 bits per heavy atom. The van der Waals surface area contributed by atoms with E-state index in [1.165, 1.54) is 16.8 Å². The van der Waals surface area contributed by atoms with Gasteiger partial charge < -0.3 is 14.2 Å². The molecule has 1 fully saturated rings. The smallest absolute Gasteiger partial charge is 0.338 e. The Bertz CT molecular complexity index is 1200. The summed E-state index contributed by atoms with van der Waals surface area (Å²) in [6, 6.07) is 18.1. The zero-order chi connectivity index (χ0) is 22.5. The molecule has 0 amide bonds. The molecule has 1 aliphatic heterocycles. The fourth-order valence-corrected chi connectivity index (χ4v) is 3.39. The third-order valence-electron chi connectivity index (χ3n) is 5.00. The molecule has 0 bridgehead atoms. The molecule has 4 rings (SSSR count). The molecular weight excluding hydrogens is 416 g/mol. The molecule has 164 valence electrons. The maximum Gasteiger partial charge on any atom is 0.338 e. The molecular formula is C23H20N2O7. The lowest BCUT2D eigenvalue weighted by Gasteiger charge is -2.19. The van der Waals surface area contributed by atoms with Gasteiger partial charge in [-0.15, -0.1) is 0 Å². The molecule has 9 heteroatoms. The fourth-order valence-electron chi connectivity index (χ4n) is 3.39. The first kappa shape index (κ1) is 21.3. The number of aromatic nitrogens is 2. The van der Waals surface area contributed by atoms with Gasteiger partial charge in [0.2, 0.25) is 0 Å². The standard InChI is InChI=1S/C23H20N2O7/c26-19-11-12-25(23(29)24-19)20-13-17(32-22(28)16-9-5-2-6-10-16)18(31-20)14-30-21(27)15-7-3-1-4-8-15/h1-12,17-18,20H,13-14H2,(H,24,26,29)/t17-,18-,20+/m1/s1. The van der Waals surface area contributed by atoms with Crippen molar-refractivity contribution in [2.24, 2.45) is 0 Å². The lowest BCUT2D eigenvalue weighted by atomic mass is 10.1. The van der Waals surface area contributed by atoms with Crippen LogP contribution in [0.5, 0.6) is 0 Å². The van der Waals surface area contributed by atoms with Crippen LogP contribution in [0.25, 0.3) is 0 Å². The molecule has 1 aliphatic rings. The molecule has 9 nitrogen and oxygen atoms in total. The minimum atomic E-state index is -0.812. The molecule has 0 spiro atoms. The average Bonchev–Trinajstić information content (AvgIpc) is 3.20. The average molecular weight is 436 g/mol. The number of hydrogen-bond donors (Lipinski definition) is 1. The van der Waals surface area contributed by atoms with Gasteiger partial charge in [0.05, 0.1) is 11.1 Å². The molecule has 3 atom stereocenters. The maximum atomic E-state index is 12.6. The molecule has 0 saturated carbocycles. The number of hydrogen-bond acceptors (Lipinski definition) is 7. The zero-order valence-corrected chi connectivity index (χ0v) is 16.9. The Morgan fingerprint density at radius 3 is 2.19 bits per heavy atom. The van der Waals surface area contributed by atoms with E-state index in [0.29, 0.717) is 11.1 Å². The highest BCUT2D eigenvalue weighted by molar-refractivity contribution is 5.90. The SMILES string of the molecule is O=C(OC[C@H]1O[C@H](n2ccc(=O)[nH]c2=O)C[C@H]1OC(=O)c1ccccc1)c1ccccc1. The Labute approximate surface area is 182 Å². The Balaban J connectivity index is 1.51. The van der Waals surface area contributed by atoms with Crippen molar-refractivity contribution in [1.29, 1.82) is 0 Å². The summed E-state index contributed by atoms with van der Waals surface area (Å²) in [5.41, 5.74) is -0.462. The number of carbonyl (C=O) groups excluding carboxylic acids is 2. The highest BCUT2D eigenvalue weighted by atomic mass is 16.6. The molecule has 3 aromatic rings. The Morgan fingerprint density at radius 1 is 0.938 bits per heavy atom. The first-order valence-corrected chi connectivity index (χ1v) is 9.96. The number of H-pyrrole nitrogens is 1. The van der Waals surface area contributed by atoms with Crippen LogP contribution in [-0.2, 0) is 14.2 Å². The van der Waals surface area contributed by atoms with E-state index in [4.69, 9.17) is 14.2 Å². The lowest BCUT2D eigenvalue weighted by molar-refractivity contribution is -0.0582. The van der Waals surface area contributed by atoms with Crippen LogP contribution in [0, 0.1) is 0 Å². The van der Waals surface area contributed by atoms with E-state index in [9.17, 15) is 19.2 Å². The van der Waals surface area contributed by atoms with Gasteiger partial charge in [0.25, 0.3) is 5.56 Å². The van der Waals surface area contributed by atoms with Crippen LogP contribution >= 0.6 is 0 Å². The predicted molar refractivity (Wildman–Crippen MR) is 112 cm³/mol. The van der Waals surface area contributed by atoms with Gasteiger partial charge in [-0.25, -0.2) is 14.4 Å². The number of aromatic amines is 1. The monoisotopic (exact) mass is 436 g/mol. The van der Waals surface area contributed by atoms with Gasteiger partial charge >= 0.3 is 17.6 Å². The summed E-state index contributed by atoms with van der Waals surface area (Å²) in [7, 11) is 0. The molecule has 0 unspecified atom stereocenters. The van der Waals surface area contributed by atoms with E-state index in [1.54, 1.807) is 60.7 Å². The minimum absolute atomic E-state index is 0.137. The van der Waals surface area contributed by atoms with Crippen LogP contribution in [0.4, 0.5) is 0 Å². The van der Waals surface area contributed by atoms with E-state index in [-0.39, 0.29) is 13.0 Å². The van der Waals surface area contributed by atoms with Crippen molar-refractivity contribution in [1.82, 2.24) is 9.55 Å². The van der Waals surface area contributed by atoms with E-state index in [1.807, 2.05) is 0 Å². The molecule has 1 saturated heterocycles. The third-order valence-corrected chi connectivity index (χ3v) is 5.00. The van der Waals surface area contributed by atoms with Gasteiger partial charge in [-0.2, -0.15) is 0 Å². The molecule has 2 heterocycles. The van der Waals surface area contributed by atoms with Crippen molar-refractivity contribution in [3.63, 3.8) is 0 Å². The number of ether oxygens (including phenoxy) is 3. The third kappa shape index (κ3) is 4.84. The van der Waals surface area contributed by atoms with Gasteiger partial charge in [-0.1, -0.05) is 36.4 Å². The minimum Gasteiger partial charge on any atom is -0.459 e. The number of benzene rings is 2. The maximum absolute atomic E-state index is 12.6. The molecule has 1 aromatic heterocycles. The topological polar surface area (TPSA) is 117 Å². The van der Waals surface area contributed by atoms with E-state index in [2.05, 4.69) is 4.98 Å². The van der Waals surface area contributed by atoms with Crippen molar-refractivity contribution in [3.8, 4) is 0 Å². The highest BCUT2D eigenvalue weighted by Gasteiger charge is 2.40. The normalized spacial score (nSPS) is 19.9. The van der Waals surface area contributed by atoms with Gasteiger partial charge in [0.15, 0.2) is 0 Å². The predicted octanol–water partition coefficient (Wildman–Crippen LogP) is 1.91. The summed E-state index contributed by atoms with van der Waals surface area (Å²) in [5, 5.41) is 0. The first-order chi connectivity index (χ1) is 15.5. The van der Waals surface area contributed by atoms with Gasteiger partial charge in [-0.05, 0) is 24.3 Å². The van der Waals surface area contributed by atoms with Gasteiger partial charge in [0.1, 0.15) is 25.0 Å². The summed E-state index contributed by atoms with van der Waals surface area (Å²) in [6.07, 6.45) is -0.958. The van der Waals surface area contributed by atoms with Crippen LogP contribution in [0.15, 0.2) is 82.5 Å². The number of rotatable bonds is 6. The largest absolute Gasteiger partial charge is 0.459 e. The number of esters is 2. The van der Waals surface area contributed by atoms with Crippen LogP contribution < -0.4 is 11.2 Å². The molecule has 0 aliphatic carbocycles. The first-order valence-electron chi connectivity index (χ1n) is 9.96. The molecule has 2 aromatic carbocycles. The van der Waals surface area contributed by atoms with Crippen LogP contribution in [0.2, 0.25) is 0 Å².